The molecular formula is C24H28N2O7. The summed E-state index contributed by atoms with van der Waals surface area (Å²) >= 11 is 0. The van der Waals surface area contributed by atoms with Crippen LogP contribution in [0.15, 0.2) is 36.4 Å². The van der Waals surface area contributed by atoms with Gasteiger partial charge >= 0.3 is 0 Å². The maximum atomic E-state index is 12.5. The van der Waals surface area contributed by atoms with Crippen LogP contribution in [-0.2, 0) is 4.79 Å². The summed E-state index contributed by atoms with van der Waals surface area (Å²) < 4.78 is 16.1. The van der Waals surface area contributed by atoms with E-state index in [0.29, 0.717) is 34.8 Å². The Morgan fingerprint density at radius 1 is 1.06 bits per heavy atom. The fourth-order valence-corrected chi connectivity index (χ4v) is 3.52. The number of amides is 3. The molecular weight excluding hydrogens is 428 g/mol. The first-order chi connectivity index (χ1) is 15.8. The monoisotopic (exact) mass is 456 g/mol. The SMILES string of the molecule is COc1cccc(OC)c1OCC(O)CNC(=O)CCCN1C(=O)c2ccc(C)cc2C1=O. The average Bonchev–Trinajstić information content (AvgIpc) is 3.05. The Kier molecular flexibility index (Phi) is 7.89. The number of para-hydroxylation sites is 1. The largest absolute Gasteiger partial charge is 0.493 e. The number of nitrogens with zero attached hydrogens (tertiary/aromatic N) is 1. The van der Waals surface area contributed by atoms with Gasteiger partial charge in [-0.05, 0) is 37.6 Å². The Hall–Kier alpha value is -3.59. The predicted octanol–water partition coefficient (Wildman–Crippen LogP) is 1.94. The van der Waals surface area contributed by atoms with Crippen LogP contribution in [0.4, 0.5) is 0 Å². The molecule has 1 heterocycles. The van der Waals surface area contributed by atoms with Gasteiger partial charge in [0.15, 0.2) is 11.5 Å². The fraction of sp³-hybridized carbons (Fsp3) is 0.375. The summed E-state index contributed by atoms with van der Waals surface area (Å²) in [5, 5.41) is 12.8. The van der Waals surface area contributed by atoms with E-state index in [4.69, 9.17) is 14.2 Å². The molecule has 3 rings (SSSR count). The van der Waals surface area contributed by atoms with Gasteiger partial charge in [-0.25, -0.2) is 0 Å². The van der Waals surface area contributed by atoms with Gasteiger partial charge in [-0.2, -0.15) is 0 Å². The molecule has 0 bridgehead atoms. The standard InChI is InChI=1S/C24H28N2O7/c1-15-9-10-17-18(12-15)24(30)26(23(17)29)11-5-8-21(28)25-13-16(27)14-33-22-19(31-2)6-4-7-20(22)32-3/h4,6-7,9-10,12,16,27H,5,8,11,13-14H2,1-3H3,(H,25,28). The third-order valence-corrected chi connectivity index (χ3v) is 5.25. The molecule has 9 heteroatoms. The van der Waals surface area contributed by atoms with Crippen LogP contribution in [0.25, 0.3) is 0 Å². The van der Waals surface area contributed by atoms with Gasteiger partial charge in [0, 0.05) is 19.5 Å². The van der Waals surface area contributed by atoms with E-state index in [1.54, 1.807) is 36.4 Å². The third kappa shape index (κ3) is 5.61. The lowest BCUT2D eigenvalue weighted by Gasteiger charge is -2.17. The number of aliphatic hydroxyl groups is 1. The van der Waals surface area contributed by atoms with Gasteiger partial charge < -0.3 is 24.6 Å². The number of hydrogen-bond donors (Lipinski definition) is 2. The molecule has 9 nitrogen and oxygen atoms in total. The number of ether oxygens (including phenoxy) is 3. The van der Waals surface area contributed by atoms with E-state index < -0.39 is 6.10 Å². The lowest BCUT2D eigenvalue weighted by atomic mass is 10.1. The summed E-state index contributed by atoms with van der Waals surface area (Å²) in [5.41, 5.74) is 1.70. The van der Waals surface area contributed by atoms with Crippen molar-refractivity contribution in [1.29, 1.82) is 0 Å². The van der Waals surface area contributed by atoms with E-state index in [1.807, 2.05) is 6.92 Å². The van der Waals surface area contributed by atoms with Crippen LogP contribution in [0.2, 0.25) is 0 Å². The second-order valence-electron chi connectivity index (χ2n) is 7.68. The number of carbonyl (C=O) groups excluding carboxylic acids is 3. The molecule has 2 N–H and O–H groups in total. The van der Waals surface area contributed by atoms with Crippen molar-refractivity contribution >= 4 is 17.7 Å². The van der Waals surface area contributed by atoms with E-state index in [-0.39, 0.29) is 43.8 Å². The fourth-order valence-electron chi connectivity index (χ4n) is 3.52. The molecule has 0 saturated carbocycles. The Labute approximate surface area is 192 Å². The van der Waals surface area contributed by atoms with Gasteiger partial charge in [-0.15, -0.1) is 0 Å². The minimum absolute atomic E-state index is 0.0113. The zero-order valence-electron chi connectivity index (χ0n) is 18.9. The van der Waals surface area contributed by atoms with Crippen molar-refractivity contribution in [3.63, 3.8) is 0 Å². The topological polar surface area (TPSA) is 114 Å². The summed E-state index contributed by atoms with van der Waals surface area (Å²) in [6.07, 6.45) is -0.523. The van der Waals surface area contributed by atoms with E-state index >= 15 is 0 Å². The highest BCUT2D eigenvalue weighted by Crippen LogP contribution is 2.36. The summed E-state index contributed by atoms with van der Waals surface area (Å²) in [6.45, 7) is 1.92. The number of benzene rings is 2. The molecule has 1 aliphatic heterocycles. The third-order valence-electron chi connectivity index (χ3n) is 5.25. The second-order valence-corrected chi connectivity index (χ2v) is 7.68. The Morgan fingerprint density at radius 2 is 1.73 bits per heavy atom. The molecule has 3 amide bonds. The van der Waals surface area contributed by atoms with Crippen LogP contribution in [0.5, 0.6) is 17.2 Å². The first-order valence-corrected chi connectivity index (χ1v) is 10.6. The number of rotatable bonds is 11. The van der Waals surface area contributed by atoms with Crippen LogP contribution in [0.1, 0.15) is 39.1 Å². The van der Waals surface area contributed by atoms with Crippen LogP contribution in [0, 0.1) is 6.92 Å². The maximum absolute atomic E-state index is 12.5. The molecule has 0 aromatic heterocycles. The molecule has 2 aromatic rings. The molecule has 1 atom stereocenters. The number of hydrogen-bond acceptors (Lipinski definition) is 7. The first kappa shape index (κ1) is 24.1. The van der Waals surface area contributed by atoms with Crippen molar-refractivity contribution in [2.24, 2.45) is 0 Å². The van der Waals surface area contributed by atoms with Gasteiger partial charge in [0.05, 0.1) is 25.3 Å². The smallest absolute Gasteiger partial charge is 0.261 e. The Balaban J connectivity index is 1.41. The number of fused-ring (bicyclic) bond motifs is 1. The van der Waals surface area contributed by atoms with Crippen molar-refractivity contribution in [3.8, 4) is 17.2 Å². The molecule has 0 radical (unpaired) electrons. The quantitative estimate of drug-likeness (QED) is 0.497. The highest BCUT2D eigenvalue weighted by Gasteiger charge is 2.34. The lowest BCUT2D eigenvalue weighted by Crippen LogP contribution is -2.36. The molecule has 176 valence electrons. The van der Waals surface area contributed by atoms with Crippen LogP contribution in [0.3, 0.4) is 0 Å². The Morgan fingerprint density at radius 3 is 2.39 bits per heavy atom. The average molecular weight is 456 g/mol. The van der Waals surface area contributed by atoms with Crippen molar-refractivity contribution in [1.82, 2.24) is 10.2 Å². The molecule has 1 unspecified atom stereocenters. The van der Waals surface area contributed by atoms with Gasteiger partial charge in [0.25, 0.3) is 11.8 Å². The van der Waals surface area contributed by atoms with Crippen LogP contribution < -0.4 is 19.5 Å². The van der Waals surface area contributed by atoms with Gasteiger partial charge in [0.1, 0.15) is 12.7 Å². The number of aryl methyl sites for hydroxylation is 1. The minimum atomic E-state index is -0.956. The van der Waals surface area contributed by atoms with Crippen LogP contribution in [-0.4, -0.2) is 67.7 Å². The van der Waals surface area contributed by atoms with Crippen molar-refractivity contribution in [2.75, 3.05) is 33.9 Å². The maximum Gasteiger partial charge on any atom is 0.261 e. The summed E-state index contributed by atoms with van der Waals surface area (Å²) in [5.74, 6) is 0.330. The lowest BCUT2D eigenvalue weighted by molar-refractivity contribution is -0.121. The number of imide groups is 1. The van der Waals surface area contributed by atoms with E-state index in [1.165, 1.54) is 19.1 Å². The summed E-state index contributed by atoms with van der Waals surface area (Å²) in [6, 6.07) is 10.3. The zero-order valence-corrected chi connectivity index (χ0v) is 18.9. The van der Waals surface area contributed by atoms with Crippen LogP contribution >= 0.6 is 0 Å². The summed E-state index contributed by atoms with van der Waals surface area (Å²) in [4.78, 5) is 38.2. The molecule has 0 aliphatic carbocycles. The number of aliphatic hydroxyl groups excluding tert-OH is 1. The molecule has 0 spiro atoms. The molecule has 2 aromatic carbocycles. The van der Waals surface area contributed by atoms with Crippen molar-refractivity contribution in [3.05, 3.63) is 53.1 Å². The van der Waals surface area contributed by atoms with Gasteiger partial charge in [-0.3, -0.25) is 19.3 Å². The number of carbonyl (C=O) groups is 3. The highest BCUT2D eigenvalue weighted by molar-refractivity contribution is 6.21. The second kappa shape index (κ2) is 10.8. The van der Waals surface area contributed by atoms with E-state index in [2.05, 4.69) is 5.32 Å². The zero-order chi connectivity index (χ0) is 24.0. The van der Waals surface area contributed by atoms with Gasteiger partial charge in [0.2, 0.25) is 11.7 Å². The normalized spacial score (nSPS) is 13.5. The minimum Gasteiger partial charge on any atom is -0.493 e. The summed E-state index contributed by atoms with van der Waals surface area (Å²) in [7, 11) is 3.00. The highest BCUT2D eigenvalue weighted by atomic mass is 16.5. The van der Waals surface area contributed by atoms with E-state index in [9.17, 15) is 19.5 Å². The van der Waals surface area contributed by atoms with Crippen molar-refractivity contribution < 1.29 is 33.7 Å². The molecule has 1 aliphatic rings. The number of methoxy groups -OCH3 is 2. The van der Waals surface area contributed by atoms with E-state index in [0.717, 1.165) is 5.56 Å². The molecule has 0 saturated heterocycles. The number of nitrogens with one attached hydrogen (secondary N) is 1. The Bertz CT molecular complexity index is 1020. The molecule has 0 fully saturated rings. The predicted molar refractivity (Wildman–Crippen MR) is 120 cm³/mol. The van der Waals surface area contributed by atoms with Crippen molar-refractivity contribution in [2.45, 2.75) is 25.9 Å². The first-order valence-electron chi connectivity index (χ1n) is 10.6. The van der Waals surface area contributed by atoms with Gasteiger partial charge in [-0.1, -0.05) is 17.7 Å². The molecule has 33 heavy (non-hydrogen) atoms.